The first-order chi connectivity index (χ1) is 12.5. The molecule has 5 nitrogen and oxygen atoms in total. The van der Waals surface area contributed by atoms with Crippen LogP contribution >= 0.6 is 0 Å². The van der Waals surface area contributed by atoms with Crippen LogP contribution in [0.1, 0.15) is 47.9 Å². The molecule has 0 saturated carbocycles. The Morgan fingerprint density at radius 3 is 2.31 bits per heavy atom. The highest BCUT2D eigenvalue weighted by molar-refractivity contribution is 5.90. The standard InChI is InChI=1S/C21H23N3O2/c1-14(2)18-10-8-17(9-11-18)13-20-23-24-21(26-20)22-19(25)12-16-6-4-15(3)5-7-16/h4-11,14H,12-13H2,1-3H3,(H,22,24,25). The monoisotopic (exact) mass is 349 g/mol. The van der Waals surface area contributed by atoms with E-state index >= 15 is 0 Å². The normalized spacial score (nSPS) is 10.9. The molecule has 1 amide bonds. The summed E-state index contributed by atoms with van der Waals surface area (Å²) in [6, 6.07) is 16.3. The first-order valence-corrected chi connectivity index (χ1v) is 8.76. The maximum atomic E-state index is 12.1. The number of carbonyl (C=O) groups excluding carboxylic acids is 1. The van der Waals surface area contributed by atoms with Crippen LogP contribution in [-0.2, 0) is 17.6 Å². The van der Waals surface area contributed by atoms with Gasteiger partial charge in [0.05, 0.1) is 12.8 Å². The van der Waals surface area contributed by atoms with Crippen molar-refractivity contribution in [2.24, 2.45) is 0 Å². The molecule has 1 aromatic heterocycles. The molecule has 0 aliphatic rings. The zero-order valence-corrected chi connectivity index (χ0v) is 15.3. The number of amides is 1. The van der Waals surface area contributed by atoms with Gasteiger partial charge >= 0.3 is 6.01 Å². The van der Waals surface area contributed by atoms with Crippen LogP contribution in [0.25, 0.3) is 0 Å². The zero-order chi connectivity index (χ0) is 18.5. The summed E-state index contributed by atoms with van der Waals surface area (Å²) < 4.78 is 5.54. The average Bonchev–Trinajstić information content (AvgIpc) is 3.04. The molecule has 3 aromatic rings. The summed E-state index contributed by atoms with van der Waals surface area (Å²) in [4.78, 5) is 12.1. The molecule has 0 spiro atoms. The predicted molar refractivity (Wildman–Crippen MR) is 101 cm³/mol. The third kappa shape index (κ3) is 4.79. The Kier molecular flexibility index (Phi) is 5.46. The minimum absolute atomic E-state index is 0.135. The van der Waals surface area contributed by atoms with E-state index in [1.807, 2.05) is 31.2 Å². The summed E-state index contributed by atoms with van der Waals surface area (Å²) in [7, 11) is 0. The molecule has 0 radical (unpaired) electrons. The molecular formula is C21H23N3O2. The van der Waals surface area contributed by atoms with Gasteiger partial charge in [0.25, 0.3) is 0 Å². The van der Waals surface area contributed by atoms with Crippen molar-refractivity contribution in [1.29, 1.82) is 0 Å². The van der Waals surface area contributed by atoms with Crippen LogP contribution < -0.4 is 5.32 Å². The fraction of sp³-hybridized carbons (Fsp3) is 0.286. The van der Waals surface area contributed by atoms with E-state index in [1.165, 1.54) is 5.56 Å². The summed E-state index contributed by atoms with van der Waals surface area (Å²) in [5.74, 6) is 0.807. The molecule has 0 bridgehead atoms. The minimum atomic E-state index is -0.176. The van der Waals surface area contributed by atoms with Crippen molar-refractivity contribution < 1.29 is 9.21 Å². The van der Waals surface area contributed by atoms with Crippen molar-refractivity contribution in [1.82, 2.24) is 10.2 Å². The van der Waals surface area contributed by atoms with Crippen LogP contribution in [0.4, 0.5) is 6.01 Å². The maximum Gasteiger partial charge on any atom is 0.322 e. The van der Waals surface area contributed by atoms with E-state index in [2.05, 4.69) is 53.6 Å². The molecule has 1 N–H and O–H groups in total. The Balaban J connectivity index is 1.57. The summed E-state index contributed by atoms with van der Waals surface area (Å²) in [6.07, 6.45) is 0.813. The van der Waals surface area contributed by atoms with Gasteiger partial charge < -0.3 is 4.42 Å². The number of aryl methyl sites for hydroxylation is 1. The number of nitrogens with zero attached hydrogens (tertiary/aromatic N) is 2. The lowest BCUT2D eigenvalue weighted by Crippen LogP contribution is -2.14. The second-order valence-corrected chi connectivity index (χ2v) is 6.78. The van der Waals surface area contributed by atoms with Crippen molar-refractivity contribution in [2.75, 3.05) is 5.32 Å². The summed E-state index contributed by atoms with van der Waals surface area (Å²) in [5, 5.41) is 10.6. The number of aromatic nitrogens is 2. The molecule has 134 valence electrons. The van der Waals surface area contributed by atoms with E-state index in [9.17, 15) is 4.79 Å². The quantitative estimate of drug-likeness (QED) is 0.721. The fourth-order valence-electron chi connectivity index (χ4n) is 2.63. The average molecular weight is 349 g/mol. The highest BCUT2D eigenvalue weighted by Crippen LogP contribution is 2.17. The van der Waals surface area contributed by atoms with Gasteiger partial charge in [-0.25, -0.2) is 0 Å². The lowest BCUT2D eigenvalue weighted by atomic mass is 10.0. The van der Waals surface area contributed by atoms with Gasteiger partial charge in [-0.05, 0) is 29.5 Å². The molecule has 2 aromatic carbocycles. The van der Waals surface area contributed by atoms with Gasteiger partial charge in [0.1, 0.15) is 0 Å². The molecule has 0 fully saturated rings. The van der Waals surface area contributed by atoms with Gasteiger partial charge in [-0.3, -0.25) is 10.1 Å². The molecule has 5 heteroatoms. The van der Waals surface area contributed by atoms with Crippen LogP contribution in [0.3, 0.4) is 0 Å². The number of hydrogen-bond acceptors (Lipinski definition) is 4. The Hall–Kier alpha value is -2.95. The van der Waals surface area contributed by atoms with E-state index in [1.54, 1.807) is 0 Å². The number of benzene rings is 2. The summed E-state index contributed by atoms with van der Waals surface area (Å²) in [5.41, 5.74) is 4.49. The third-order valence-corrected chi connectivity index (χ3v) is 4.20. The third-order valence-electron chi connectivity index (χ3n) is 4.20. The van der Waals surface area contributed by atoms with E-state index in [0.29, 0.717) is 18.2 Å². The van der Waals surface area contributed by atoms with E-state index in [-0.39, 0.29) is 18.3 Å². The second-order valence-electron chi connectivity index (χ2n) is 6.78. The van der Waals surface area contributed by atoms with Gasteiger partial charge in [0.15, 0.2) is 0 Å². The lowest BCUT2D eigenvalue weighted by Gasteiger charge is -2.05. The van der Waals surface area contributed by atoms with E-state index in [0.717, 1.165) is 16.7 Å². The van der Waals surface area contributed by atoms with Gasteiger partial charge in [0.2, 0.25) is 11.8 Å². The number of rotatable bonds is 6. The molecule has 0 atom stereocenters. The number of carbonyl (C=O) groups is 1. The SMILES string of the molecule is Cc1ccc(CC(=O)Nc2nnc(Cc3ccc(C(C)C)cc3)o2)cc1. The Bertz CT molecular complexity index is 865. The molecular weight excluding hydrogens is 326 g/mol. The van der Waals surface area contributed by atoms with Crippen LogP contribution in [0, 0.1) is 6.92 Å². The predicted octanol–water partition coefficient (Wildman–Crippen LogP) is 4.27. The Morgan fingerprint density at radius 1 is 1.00 bits per heavy atom. The topological polar surface area (TPSA) is 68.0 Å². The molecule has 0 unspecified atom stereocenters. The van der Waals surface area contributed by atoms with Gasteiger partial charge in [-0.2, -0.15) is 0 Å². The maximum absolute atomic E-state index is 12.1. The van der Waals surface area contributed by atoms with Crippen LogP contribution in [-0.4, -0.2) is 16.1 Å². The minimum Gasteiger partial charge on any atom is -0.407 e. The molecule has 0 saturated heterocycles. The van der Waals surface area contributed by atoms with Crippen molar-refractivity contribution in [3.8, 4) is 0 Å². The summed E-state index contributed by atoms with van der Waals surface area (Å²) in [6.45, 7) is 6.34. The van der Waals surface area contributed by atoms with Crippen LogP contribution in [0.5, 0.6) is 0 Å². The zero-order valence-electron chi connectivity index (χ0n) is 15.3. The summed E-state index contributed by atoms with van der Waals surface area (Å²) >= 11 is 0. The van der Waals surface area contributed by atoms with Gasteiger partial charge in [0, 0.05) is 0 Å². The Morgan fingerprint density at radius 2 is 1.65 bits per heavy atom. The van der Waals surface area contributed by atoms with Crippen molar-refractivity contribution in [3.63, 3.8) is 0 Å². The van der Waals surface area contributed by atoms with Crippen molar-refractivity contribution in [2.45, 2.75) is 39.5 Å². The van der Waals surface area contributed by atoms with Gasteiger partial charge in [-0.15, -0.1) is 5.10 Å². The number of anilines is 1. The first-order valence-electron chi connectivity index (χ1n) is 8.76. The van der Waals surface area contributed by atoms with Gasteiger partial charge in [-0.1, -0.05) is 73.0 Å². The van der Waals surface area contributed by atoms with E-state index < -0.39 is 0 Å². The molecule has 3 rings (SSSR count). The molecule has 0 aliphatic carbocycles. The number of hydrogen-bond donors (Lipinski definition) is 1. The molecule has 0 aliphatic heterocycles. The second kappa shape index (κ2) is 7.95. The molecule has 26 heavy (non-hydrogen) atoms. The molecule has 1 heterocycles. The van der Waals surface area contributed by atoms with E-state index in [4.69, 9.17) is 4.42 Å². The fourth-order valence-corrected chi connectivity index (χ4v) is 2.63. The highest BCUT2D eigenvalue weighted by Gasteiger charge is 2.11. The van der Waals surface area contributed by atoms with Crippen LogP contribution in [0.2, 0.25) is 0 Å². The lowest BCUT2D eigenvalue weighted by molar-refractivity contribution is -0.115. The smallest absolute Gasteiger partial charge is 0.322 e. The first kappa shape index (κ1) is 17.9. The van der Waals surface area contributed by atoms with Crippen LogP contribution in [0.15, 0.2) is 52.9 Å². The van der Waals surface area contributed by atoms with Crippen molar-refractivity contribution in [3.05, 3.63) is 76.7 Å². The van der Waals surface area contributed by atoms with Crippen molar-refractivity contribution >= 4 is 11.9 Å². The number of nitrogens with one attached hydrogen (secondary N) is 1. The Labute approximate surface area is 153 Å². The highest BCUT2D eigenvalue weighted by atomic mass is 16.4. The largest absolute Gasteiger partial charge is 0.407 e.